The first-order valence-electron chi connectivity index (χ1n) is 7.59. The zero-order valence-corrected chi connectivity index (χ0v) is 13.2. The van der Waals surface area contributed by atoms with E-state index in [0.29, 0.717) is 6.04 Å². The van der Waals surface area contributed by atoms with Gasteiger partial charge in [-0.25, -0.2) is 0 Å². The van der Waals surface area contributed by atoms with Crippen molar-refractivity contribution >= 4 is 0 Å². The van der Waals surface area contributed by atoms with Crippen LogP contribution in [0.15, 0.2) is 24.3 Å². The second-order valence-electron chi connectivity index (χ2n) is 5.68. The van der Waals surface area contributed by atoms with Gasteiger partial charge in [-0.1, -0.05) is 52.0 Å². The van der Waals surface area contributed by atoms with Crippen LogP contribution in [0.1, 0.15) is 44.9 Å². The molecule has 0 saturated carbocycles. The van der Waals surface area contributed by atoms with Crippen LogP contribution in [0.2, 0.25) is 0 Å². The Labute approximate surface area is 119 Å². The molecule has 1 rings (SSSR count). The monoisotopic (exact) mass is 262 g/mol. The van der Waals surface area contributed by atoms with Gasteiger partial charge < -0.3 is 10.2 Å². The number of nitrogens with one attached hydrogen (secondary N) is 1. The molecule has 0 aliphatic rings. The summed E-state index contributed by atoms with van der Waals surface area (Å²) in [7, 11) is 2.06. The topological polar surface area (TPSA) is 15.3 Å². The van der Waals surface area contributed by atoms with Gasteiger partial charge in [-0.2, -0.15) is 0 Å². The highest BCUT2D eigenvalue weighted by Gasteiger charge is 2.14. The Kier molecular flexibility index (Phi) is 7.11. The van der Waals surface area contributed by atoms with E-state index in [1.54, 1.807) is 0 Å². The lowest BCUT2D eigenvalue weighted by Gasteiger charge is -2.28. The van der Waals surface area contributed by atoms with Crippen LogP contribution in [0.3, 0.4) is 0 Å². The third kappa shape index (κ3) is 5.33. The fourth-order valence-electron chi connectivity index (χ4n) is 2.46. The summed E-state index contributed by atoms with van der Waals surface area (Å²) in [5, 5.41) is 3.45. The molecule has 0 aliphatic carbocycles. The van der Waals surface area contributed by atoms with Crippen LogP contribution in [0, 0.1) is 5.92 Å². The van der Waals surface area contributed by atoms with E-state index < -0.39 is 0 Å². The molecule has 19 heavy (non-hydrogen) atoms. The largest absolute Gasteiger partial charge is 0.312 e. The predicted octanol–water partition coefficient (Wildman–Crippen LogP) is 3.49. The molecule has 1 unspecified atom stereocenters. The average molecular weight is 262 g/mol. The second-order valence-corrected chi connectivity index (χ2v) is 5.68. The molecule has 1 aromatic carbocycles. The first kappa shape index (κ1) is 16.2. The van der Waals surface area contributed by atoms with E-state index in [0.717, 1.165) is 25.4 Å². The molecule has 2 nitrogen and oxygen atoms in total. The number of aryl methyl sites for hydroxylation is 1. The van der Waals surface area contributed by atoms with Gasteiger partial charge >= 0.3 is 0 Å². The molecular weight excluding hydrogens is 232 g/mol. The molecule has 0 spiro atoms. The molecule has 2 heteroatoms. The highest BCUT2D eigenvalue weighted by molar-refractivity contribution is 5.25. The summed E-state index contributed by atoms with van der Waals surface area (Å²) in [5.74, 6) is 0.722. The number of nitrogens with zero attached hydrogens (tertiary/aromatic N) is 1. The first-order valence-corrected chi connectivity index (χ1v) is 7.59. The molecule has 0 amide bonds. The Bertz CT molecular complexity index is 343. The Hall–Kier alpha value is -0.860. The van der Waals surface area contributed by atoms with Gasteiger partial charge in [0.15, 0.2) is 0 Å². The number of benzene rings is 1. The van der Waals surface area contributed by atoms with Crippen LogP contribution >= 0.6 is 0 Å². The van der Waals surface area contributed by atoms with Crippen molar-refractivity contribution in [2.75, 3.05) is 26.7 Å². The lowest BCUT2D eigenvalue weighted by atomic mass is 10.0. The fraction of sp³-hybridized carbons (Fsp3) is 0.647. The molecule has 0 aromatic heterocycles. The Morgan fingerprint density at radius 1 is 1.05 bits per heavy atom. The highest BCUT2D eigenvalue weighted by Crippen LogP contribution is 2.16. The van der Waals surface area contributed by atoms with E-state index in [9.17, 15) is 0 Å². The summed E-state index contributed by atoms with van der Waals surface area (Å²) in [6.07, 6.45) is 1.11. The second kappa shape index (κ2) is 8.34. The molecular formula is C17H30N2. The van der Waals surface area contributed by atoms with Crippen LogP contribution in [-0.2, 0) is 6.42 Å². The van der Waals surface area contributed by atoms with Crippen LogP contribution < -0.4 is 5.32 Å². The number of hydrogen-bond acceptors (Lipinski definition) is 2. The van der Waals surface area contributed by atoms with Gasteiger partial charge in [-0.15, -0.1) is 0 Å². The Morgan fingerprint density at radius 3 is 2.11 bits per heavy atom. The third-order valence-electron chi connectivity index (χ3n) is 3.65. The maximum atomic E-state index is 3.45. The number of likely N-dealkylation sites (N-methyl/N-ethyl adjacent to an activating group) is 2. The summed E-state index contributed by atoms with van der Waals surface area (Å²) < 4.78 is 0. The Balaban J connectivity index is 2.69. The van der Waals surface area contributed by atoms with Crippen molar-refractivity contribution in [1.82, 2.24) is 10.2 Å². The van der Waals surface area contributed by atoms with E-state index in [-0.39, 0.29) is 0 Å². The molecule has 0 fully saturated rings. The molecule has 0 heterocycles. The maximum absolute atomic E-state index is 3.45. The van der Waals surface area contributed by atoms with E-state index in [1.165, 1.54) is 17.7 Å². The SMILES string of the molecule is CCc1ccc(C(CN(CC)CC(C)C)NC)cc1. The van der Waals surface area contributed by atoms with Crippen LogP contribution in [0.4, 0.5) is 0 Å². The third-order valence-corrected chi connectivity index (χ3v) is 3.65. The van der Waals surface area contributed by atoms with Gasteiger partial charge in [0, 0.05) is 19.1 Å². The van der Waals surface area contributed by atoms with Crippen molar-refractivity contribution in [3.63, 3.8) is 0 Å². The zero-order chi connectivity index (χ0) is 14.3. The molecule has 108 valence electrons. The molecule has 0 aliphatic heterocycles. The number of rotatable bonds is 8. The van der Waals surface area contributed by atoms with Crippen LogP contribution in [-0.4, -0.2) is 31.6 Å². The molecule has 0 radical (unpaired) electrons. The normalized spacial score (nSPS) is 13.2. The molecule has 1 aromatic rings. The zero-order valence-electron chi connectivity index (χ0n) is 13.2. The summed E-state index contributed by atoms with van der Waals surface area (Å²) in [4.78, 5) is 2.53. The summed E-state index contributed by atoms with van der Waals surface area (Å²) in [6, 6.07) is 9.45. The van der Waals surface area contributed by atoms with E-state index in [2.05, 4.69) is 69.2 Å². The fourth-order valence-corrected chi connectivity index (χ4v) is 2.46. The summed E-state index contributed by atoms with van der Waals surface area (Å²) in [6.45, 7) is 12.4. The van der Waals surface area contributed by atoms with Crippen molar-refractivity contribution in [2.45, 2.75) is 40.2 Å². The van der Waals surface area contributed by atoms with Crippen molar-refractivity contribution < 1.29 is 0 Å². The highest BCUT2D eigenvalue weighted by atomic mass is 15.1. The van der Waals surface area contributed by atoms with E-state index >= 15 is 0 Å². The standard InChI is InChI=1S/C17H30N2/c1-6-15-8-10-16(11-9-15)17(18-5)13-19(7-2)12-14(3)4/h8-11,14,17-18H,6-7,12-13H2,1-5H3. The van der Waals surface area contributed by atoms with Gasteiger partial charge in [-0.3, -0.25) is 0 Å². The predicted molar refractivity (Wildman–Crippen MR) is 84.6 cm³/mol. The van der Waals surface area contributed by atoms with Gasteiger partial charge in [0.05, 0.1) is 0 Å². The minimum Gasteiger partial charge on any atom is -0.312 e. The minimum atomic E-state index is 0.421. The maximum Gasteiger partial charge on any atom is 0.0446 e. The summed E-state index contributed by atoms with van der Waals surface area (Å²) in [5.41, 5.74) is 2.80. The summed E-state index contributed by atoms with van der Waals surface area (Å²) >= 11 is 0. The van der Waals surface area contributed by atoms with E-state index in [1.807, 2.05) is 0 Å². The Morgan fingerprint density at radius 2 is 1.68 bits per heavy atom. The van der Waals surface area contributed by atoms with Crippen molar-refractivity contribution in [3.05, 3.63) is 35.4 Å². The smallest absolute Gasteiger partial charge is 0.0446 e. The lowest BCUT2D eigenvalue weighted by molar-refractivity contribution is 0.232. The van der Waals surface area contributed by atoms with Gasteiger partial charge in [0.2, 0.25) is 0 Å². The van der Waals surface area contributed by atoms with Crippen LogP contribution in [0.5, 0.6) is 0 Å². The first-order chi connectivity index (χ1) is 9.10. The average Bonchev–Trinajstić information content (AvgIpc) is 2.43. The van der Waals surface area contributed by atoms with Crippen molar-refractivity contribution in [1.29, 1.82) is 0 Å². The van der Waals surface area contributed by atoms with E-state index in [4.69, 9.17) is 0 Å². The van der Waals surface area contributed by atoms with Gasteiger partial charge in [-0.05, 0) is 37.1 Å². The van der Waals surface area contributed by atoms with Crippen LogP contribution in [0.25, 0.3) is 0 Å². The quantitative estimate of drug-likeness (QED) is 0.771. The molecule has 0 bridgehead atoms. The van der Waals surface area contributed by atoms with Crippen molar-refractivity contribution in [2.24, 2.45) is 5.92 Å². The molecule has 1 atom stereocenters. The number of hydrogen-bond donors (Lipinski definition) is 1. The molecule has 0 saturated heterocycles. The van der Waals surface area contributed by atoms with Gasteiger partial charge in [0.1, 0.15) is 0 Å². The molecule has 1 N–H and O–H groups in total. The lowest BCUT2D eigenvalue weighted by Crippen LogP contribution is -2.36. The van der Waals surface area contributed by atoms with Crippen molar-refractivity contribution in [3.8, 4) is 0 Å². The van der Waals surface area contributed by atoms with Gasteiger partial charge in [0.25, 0.3) is 0 Å². The minimum absolute atomic E-state index is 0.421.